The van der Waals surface area contributed by atoms with Gasteiger partial charge >= 0.3 is 0 Å². The van der Waals surface area contributed by atoms with E-state index >= 15 is 0 Å². The maximum absolute atomic E-state index is 12.4. The Labute approximate surface area is 135 Å². The van der Waals surface area contributed by atoms with Crippen LogP contribution in [0.4, 0.5) is 11.4 Å². The topological polar surface area (TPSA) is 85.1 Å². The van der Waals surface area contributed by atoms with Crippen LogP contribution >= 0.6 is 0 Å². The lowest BCUT2D eigenvalue weighted by molar-refractivity contribution is 0.600. The first-order valence-corrected chi connectivity index (χ1v) is 8.80. The molecular weight excluding hydrogens is 310 g/mol. The molecule has 1 aromatic heterocycles. The van der Waals surface area contributed by atoms with Crippen LogP contribution in [-0.2, 0) is 15.8 Å². The SMILES string of the molecule is Cc1c(NS(=O)(=O)Cc2ccccc2)cnc2c(N)cccc12. The van der Waals surface area contributed by atoms with Crippen LogP contribution in [0.3, 0.4) is 0 Å². The molecule has 0 saturated heterocycles. The molecule has 0 aliphatic heterocycles. The number of benzene rings is 2. The van der Waals surface area contributed by atoms with E-state index < -0.39 is 10.0 Å². The summed E-state index contributed by atoms with van der Waals surface area (Å²) in [7, 11) is -3.51. The van der Waals surface area contributed by atoms with E-state index in [-0.39, 0.29) is 5.75 Å². The van der Waals surface area contributed by atoms with Crippen LogP contribution < -0.4 is 10.5 Å². The van der Waals surface area contributed by atoms with E-state index in [1.165, 1.54) is 6.20 Å². The molecule has 0 atom stereocenters. The Morgan fingerprint density at radius 3 is 2.57 bits per heavy atom. The number of pyridine rings is 1. The number of aromatic nitrogens is 1. The van der Waals surface area contributed by atoms with Crippen LogP contribution in [-0.4, -0.2) is 13.4 Å². The summed E-state index contributed by atoms with van der Waals surface area (Å²) in [5.41, 5.74) is 9.16. The Morgan fingerprint density at radius 1 is 1.09 bits per heavy atom. The molecule has 0 radical (unpaired) electrons. The number of nitrogen functional groups attached to an aromatic ring is 1. The number of para-hydroxylation sites is 1. The number of rotatable bonds is 4. The number of nitrogens with zero attached hydrogens (tertiary/aromatic N) is 1. The van der Waals surface area contributed by atoms with Crippen molar-refractivity contribution in [2.75, 3.05) is 10.5 Å². The second kappa shape index (κ2) is 5.89. The second-order valence-corrected chi connectivity index (χ2v) is 7.11. The van der Waals surface area contributed by atoms with Crippen LogP contribution in [0.2, 0.25) is 0 Å². The highest BCUT2D eigenvalue weighted by Gasteiger charge is 2.15. The van der Waals surface area contributed by atoms with E-state index in [0.29, 0.717) is 16.9 Å². The number of nitrogens with two attached hydrogens (primary N) is 1. The van der Waals surface area contributed by atoms with Gasteiger partial charge in [0.25, 0.3) is 0 Å². The normalized spacial score (nSPS) is 11.5. The van der Waals surface area contributed by atoms with Gasteiger partial charge in [-0.05, 0) is 24.1 Å². The first kappa shape index (κ1) is 15.3. The highest BCUT2D eigenvalue weighted by atomic mass is 32.2. The van der Waals surface area contributed by atoms with Gasteiger partial charge in [0, 0.05) is 5.39 Å². The Hall–Kier alpha value is -2.60. The number of hydrogen-bond acceptors (Lipinski definition) is 4. The van der Waals surface area contributed by atoms with Gasteiger partial charge in [-0.3, -0.25) is 9.71 Å². The minimum Gasteiger partial charge on any atom is -0.397 e. The summed E-state index contributed by atoms with van der Waals surface area (Å²) < 4.78 is 27.3. The molecule has 0 bridgehead atoms. The van der Waals surface area contributed by atoms with Crippen LogP contribution in [0.5, 0.6) is 0 Å². The van der Waals surface area contributed by atoms with Gasteiger partial charge in [0.05, 0.1) is 28.8 Å². The Bertz CT molecular complexity index is 954. The molecule has 0 spiro atoms. The standard InChI is InChI=1S/C17H17N3O2S/c1-12-14-8-5-9-15(18)17(14)19-10-16(12)20-23(21,22)11-13-6-3-2-4-7-13/h2-10,20H,11,18H2,1H3. The third kappa shape index (κ3) is 3.27. The quantitative estimate of drug-likeness (QED) is 0.721. The number of hydrogen-bond donors (Lipinski definition) is 2. The lowest BCUT2D eigenvalue weighted by Crippen LogP contribution is -2.16. The molecule has 3 N–H and O–H groups in total. The predicted molar refractivity (Wildman–Crippen MR) is 93.6 cm³/mol. The molecule has 0 aliphatic rings. The van der Waals surface area contributed by atoms with Crippen LogP contribution in [0, 0.1) is 6.92 Å². The summed E-state index contributed by atoms with van der Waals surface area (Å²) in [6.07, 6.45) is 1.51. The lowest BCUT2D eigenvalue weighted by atomic mass is 10.1. The van der Waals surface area contributed by atoms with Crippen molar-refractivity contribution in [1.29, 1.82) is 0 Å². The average molecular weight is 327 g/mol. The highest BCUT2D eigenvalue weighted by molar-refractivity contribution is 7.91. The maximum Gasteiger partial charge on any atom is 0.236 e. The minimum absolute atomic E-state index is 0.0811. The zero-order valence-electron chi connectivity index (χ0n) is 12.7. The van der Waals surface area contributed by atoms with Crippen molar-refractivity contribution >= 4 is 32.3 Å². The van der Waals surface area contributed by atoms with Gasteiger partial charge in [-0.2, -0.15) is 0 Å². The molecule has 0 saturated carbocycles. The van der Waals surface area contributed by atoms with Crippen molar-refractivity contribution in [3.8, 4) is 0 Å². The number of fused-ring (bicyclic) bond motifs is 1. The third-order valence-corrected chi connectivity index (χ3v) is 4.91. The smallest absolute Gasteiger partial charge is 0.236 e. The fourth-order valence-electron chi connectivity index (χ4n) is 2.48. The molecule has 0 fully saturated rings. The second-order valence-electron chi connectivity index (χ2n) is 5.39. The molecule has 23 heavy (non-hydrogen) atoms. The van der Waals surface area contributed by atoms with Crippen LogP contribution in [0.25, 0.3) is 10.9 Å². The van der Waals surface area contributed by atoms with E-state index in [2.05, 4.69) is 9.71 Å². The van der Waals surface area contributed by atoms with Gasteiger partial charge in [-0.1, -0.05) is 42.5 Å². The monoisotopic (exact) mass is 327 g/mol. The third-order valence-electron chi connectivity index (χ3n) is 3.66. The van der Waals surface area contributed by atoms with Gasteiger partial charge in [-0.15, -0.1) is 0 Å². The zero-order chi connectivity index (χ0) is 16.4. The van der Waals surface area contributed by atoms with Crippen molar-refractivity contribution < 1.29 is 8.42 Å². The van der Waals surface area contributed by atoms with Gasteiger partial charge in [-0.25, -0.2) is 8.42 Å². The van der Waals surface area contributed by atoms with E-state index in [4.69, 9.17) is 5.73 Å². The zero-order valence-corrected chi connectivity index (χ0v) is 13.5. The summed E-state index contributed by atoms with van der Waals surface area (Å²) in [6, 6.07) is 14.5. The van der Waals surface area contributed by atoms with Crippen LogP contribution in [0.15, 0.2) is 54.7 Å². The molecule has 6 heteroatoms. The van der Waals surface area contributed by atoms with Crippen LogP contribution in [0.1, 0.15) is 11.1 Å². The molecule has 5 nitrogen and oxygen atoms in total. The Balaban J connectivity index is 1.93. The summed E-state index contributed by atoms with van der Waals surface area (Å²) in [5.74, 6) is -0.0811. The van der Waals surface area contributed by atoms with Crippen molar-refractivity contribution in [3.05, 3.63) is 65.9 Å². The maximum atomic E-state index is 12.4. The van der Waals surface area contributed by atoms with Gasteiger partial charge in [0.15, 0.2) is 0 Å². The fourth-order valence-corrected chi connectivity index (χ4v) is 3.72. The van der Waals surface area contributed by atoms with Gasteiger partial charge in [0.2, 0.25) is 10.0 Å². The van der Waals surface area contributed by atoms with Crippen molar-refractivity contribution in [2.24, 2.45) is 0 Å². The fraction of sp³-hybridized carbons (Fsp3) is 0.118. The van der Waals surface area contributed by atoms with Gasteiger partial charge < -0.3 is 5.73 Å². The van der Waals surface area contributed by atoms with Crippen molar-refractivity contribution in [2.45, 2.75) is 12.7 Å². The first-order chi connectivity index (χ1) is 11.0. The van der Waals surface area contributed by atoms with E-state index in [1.54, 1.807) is 18.2 Å². The average Bonchev–Trinajstić information content (AvgIpc) is 2.51. The highest BCUT2D eigenvalue weighted by Crippen LogP contribution is 2.27. The van der Waals surface area contributed by atoms with Crippen molar-refractivity contribution in [3.63, 3.8) is 0 Å². The predicted octanol–water partition coefficient (Wildman–Crippen LogP) is 3.07. The molecule has 2 aromatic carbocycles. The lowest BCUT2D eigenvalue weighted by Gasteiger charge is -2.12. The molecule has 3 rings (SSSR count). The van der Waals surface area contributed by atoms with Gasteiger partial charge in [0.1, 0.15) is 0 Å². The summed E-state index contributed by atoms with van der Waals surface area (Å²) in [6.45, 7) is 1.85. The van der Waals surface area contributed by atoms with E-state index in [9.17, 15) is 8.42 Å². The Kier molecular flexibility index (Phi) is 3.92. The van der Waals surface area contributed by atoms with Crippen molar-refractivity contribution in [1.82, 2.24) is 4.98 Å². The largest absolute Gasteiger partial charge is 0.397 e. The van der Waals surface area contributed by atoms with E-state index in [0.717, 1.165) is 16.5 Å². The molecular formula is C17H17N3O2S. The summed E-state index contributed by atoms with van der Waals surface area (Å²) >= 11 is 0. The molecule has 0 unspecified atom stereocenters. The number of aryl methyl sites for hydroxylation is 1. The molecule has 118 valence electrons. The summed E-state index contributed by atoms with van der Waals surface area (Å²) in [4.78, 5) is 4.28. The summed E-state index contributed by atoms with van der Waals surface area (Å²) in [5, 5.41) is 0.838. The molecule has 0 aliphatic carbocycles. The van der Waals surface area contributed by atoms with E-state index in [1.807, 2.05) is 37.3 Å². The first-order valence-electron chi connectivity index (χ1n) is 7.14. The Morgan fingerprint density at radius 2 is 1.83 bits per heavy atom. The minimum atomic E-state index is -3.51. The number of nitrogens with one attached hydrogen (secondary N) is 1. The molecule has 0 amide bonds. The molecule has 1 heterocycles. The number of anilines is 2. The molecule has 3 aromatic rings. The number of sulfonamides is 1.